The summed E-state index contributed by atoms with van der Waals surface area (Å²) in [5, 5.41) is 8.79. The zero-order chi connectivity index (χ0) is 10.7. The van der Waals surface area contributed by atoms with Crippen molar-refractivity contribution < 1.29 is 9.50 Å². The van der Waals surface area contributed by atoms with Crippen LogP contribution in [0.15, 0.2) is 18.2 Å². The van der Waals surface area contributed by atoms with E-state index in [9.17, 15) is 4.39 Å². The lowest BCUT2D eigenvalue weighted by atomic mass is 9.96. The lowest BCUT2D eigenvalue weighted by Crippen LogP contribution is -2.17. The Bertz CT molecular complexity index is 312. The van der Waals surface area contributed by atoms with Crippen LogP contribution < -0.4 is 5.73 Å². The molecule has 0 radical (unpaired) electrons. The summed E-state index contributed by atoms with van der Waals surface area (Å²) in [4.78, 5) is 0. The Morgan fingerprint density at radius 3 is 2.50 bits per heavy atom. The minimum absolute atomic E-state index is 0.155. The maximum absolute atomic E-state index is 13.3. The number of hydrogen-bond donors (Lipinski definition) is 2. The van der Waals surface area contributed by atoms with E-state index in [0.717, 1.165) is 5.56 Å². The van der Waals surface area contributed by atoms with Gasteiger partial charge in [-0.25, -0.2) is 4.39 Å². The minimum atomic E-state index is -0.388. The highest BCUT2D eigenvalue weighted by molar-refractivity contribution is 5.26. The molecule has 1 atom stereocenters. The number of aliphatic hydroxyl groups is 1. The van der Waals surface area contributed by atoms with Gasteiger partial charge in [-0.2, -0.15) is 0 Å². The molecule has 1 rings (SSSR count). The molecule has 3 heteroatoms. The third-order valence-corrected chi connectivity index (χ3v) is 2.35. The lowest BCUT2D eigenvalue weighted by Gasteiger charge is -2.16. The van der Waals surface area contributed by atoms with Gasteiger partial charge in [0.25, 0.3) is 0 Å². The molecule has 0 heterocycles. The molecule has 2 nitrogen and oxygen atoms in total. The van der Waals surface area contributed by atoms with Gasteiger partial charge in [0.1, 0.15) is 5.82 Å². The molecule has 0 bridgehead atoms. The Morgan fingerprint density at radius 2 is 2.07 bits per heavy atom. The molecule has 14 heavy (non-hydrogen) atoms. The van der Waals surface area contributed by atoms with Crippen LogP contribution in [0.2, 0.25) is 0 Å². The molecule has 0 aliphatic rings. The van der Waals surface area contributed by atoms with E-state index in [1.165, 1.54) is 6.07 Å². The van der Waals surface area contributed by atoms with E-state index in [4.69, 9.17) is 10.8 Å². The topological polar surface area (TPSA) is 46.2 Å². The van der Waals surface area contributed by atoms with Crippen molar-refractivity contribution in [3.05, 3.63) is 35.1 Å². The van der Waals surface area contributed by atoms with E-state index in [2.05, 4.69) is 0 Å². The second-order valence-corrected chi connectivity index (χ2v) is 3.78. The third kappa shape index (κ3) is 2.30. The molecular formula is C11H16FNO. The Balaban J connectivity index is 2.96. The van der Waals surface area contributed by atoms with Crippen molar-refractivity contribution in [3.8, 4) is 0 Å². The quantitative estimate of drug-likeness (QED) is 0.778. The number of aliphatic hydroxyl groups excluding tert-OH is 1. The number of rotatable bonds is 3. The van der Waals surface area contributed by atoms with Gasteiger partial charge in [-0.1, -0.05) is 26.0 Å². The minimum Gasteiger partial charge on any atom is -0.392 e. The molecule has 1 aromatic rings. The van der Waals surface area contributed by atoms with Gasteiger partial charge in [-0.3, -0.25) is 0 Å². The Hall–Kier alpha value is -0.930. The smallest absolute Gasteiger partial charge is 0.129 e. The molecule has 1 aromatic carbocycles. The van der Waals surface area contributed by atoms with E-state index >= 15 is 0 Å². The van der Waals surface area contributed by atoms with Gasteiger partial charge in [0.2, 0.25) is 0 Å². The fraction of sp³-hybridized carbons (Fsp3) is 0.455. The molecule has 0 spiro atoms. The fourth-order valence-corrected chi connectivity index (χ4v) is 1.28. The first-order valence-corrected chi connectivity index (χ1v) is 4.71. The highest BCUT2D eigenvalue weighted by atomic mass is 19.1. The normalized spacial score (nSPS) is 13.3. The molecule has 0 aromatic heterocycles. The summed E-state index contributed by atoms with van der Waals surface area (Å²) in [6, 6.07) is 4.58. The first-order valence-electron chi connectivity index (χ1n) is 4.71. The number of benzene rings is 1. The standard InChI is InChI=1S/C11H16FNO/c1-7(2)11(13)8-3-4-9(6-14)10(12)5-8/h3-5,7,11,14H,6,13H2,1-2H3/t11-/m1/s1. The second kappa shape index (κ2) is 4.53. The highest BCUT2D eigenvalue weighted by Gasteiger charge is 2.12. The van der Waals surface area contributed by atoms with Crippen LogP contribution in [0.25, 0.3) is 0 Å². The van der Waals surface area contributed by atoms with Gasteiger partial charge in [0.15, 0.2) is 0 Å². The van der Waals surface area contributed by atoms with Gasteiger partial charge in [0, 0.05) is 11.6 Å². The van der Waals surface area contributed by atoms with Crippen LogP contribution in [-0.2, 0) is 6.61 Å². The number of halogens is 1. The van der Waals surface area contributed by atoms with Crippen LogP contribution in [0.1, 0.15) is 31.0 Å². The molecule has 78 valence electrons. The first kappa shape index (κ1) is 11.1. The Morgan fingerprint density at radius 1 is 1.43 bits per heavy atom. The number of hydrogen-bond acceptors (Lipinski definition) is 2. The molecule has 0 saturated heterocycles. The molecule has 0 unspecified atom stereocenters. The summed E-state index contributed by atoms with van der Waals surface area (Å²) in [5.41, 5.74) is 6.95. The van der Waals surface area contributed by atoms with Gasteiger partial charge in [0.05, 0.1) is 6.61 Å². The van der Waals surface area contributed by atoms with Gasteiger partial charge < -0.3 is 10.8 Å². The summed E-state index contributed by atoms with van der Waals surface area (Å²) < 4.78 is 13.3. The summed E-state index contributed by atoms with van der Waals surface area (Å²) >= 11 is 0. The van der Waals surface area contributed by atoms with E-state index < -0.39 is 0 Å². The molecule has 0 aliphatic carbocycles. The highest BCUT2D eigenvalue weighted by Crippen LogP contribution is 2.21. The van der Waals surface area contributed by atoms with E-state index in [-0.39, 0.29) is 24.4 Å². The Labute approximate surface area is 83.6 Å². The van der Waals surface area contributed by atoms with Crippen LogP contribution >= 0.6 is 0 Å². The van der Waals surface area contributed by atoms with E-state index in [1.807, 2.05) is 13.8 Å². The monoisotopic (exact) mass is 197 g/mol. The van der Waals surface area contributed by atoms with Crippen LogP contribution in [-0.4, -0.2) is 5.11 Å². The average molecular weight is 197 g/mol. The maximum atomic E-state index is 13.3. The maximum Gasteiger partial charge on any atom is 0.129 e. The molecule has 0 aliphatic heterocycles. The lowest BCUT2D eigenvalue weighted by molar-refractivity contribution is 0.275. The molecule has 0 saturated carbocycles. The molecule has 0 fully saturated rings. The number of nitrogens with two attached hydrogens (primary N) is 1. The van der Waals surface area contributed by atoms with Crippen molar-refractivity contribution in [2.75, 3.05) is 0 Å². The van der Waals surface area contributed by atoms with Crippen molar-refractivity contribution in [1.29, 1.82) is 0 Å². The predicted molar refractivity (Wildman–Crippen MR) is 54.1 cm³/mol. The van der Waals surface area contributed by atoms with E-state index in [0.29, 0.717) is 5.56 Å². The molecular weight excluding hydrogens is 181 g/mol. The molecule has 0 amide bonds. The van der Waals surface area contributed by atoms with E-state index in [1.54, 1.807) is 12.1 Å². The Kier molecular flexibility index (Phi) is 3.61. The predicted octanol–water partition coefficient (Wildman–Crippen LogP) is 1.97. The van der Waals surface area contributed by atoms with Crippen molar-refractivity contribution in [1.82, 2.24) is 0 Å². The van der Waals surface area contributed by atoms with Crippen LogP contribution in [0.4, 0.5) is 4.39 Å². The van der Waals surface area contributed by atoms with Crippen LogP contribution in [0.5, 0.6) is 0 Å². The largest absolute Gasteiger partial charge is 0.392 e. The summed E-state index contributed by atoms with van der Waals surface area (Å²) in [6.07, 6.45) is 0. The summed E-state index contributed by atoms with van der Waals surface area (Å²) in [5.74, 6) is -0.115. The summed E-state index contributed by atoms with van der Waals surface area (Å²) in [6.45, 7) is 3.70. The van der Waals surface area contributed by atoms with Crippen molar-refractivity contribution >= 4 is 0 Å². The first-order chi connectivity index (χ1) is 6.56. The zero-order valence-electron chi connectivity index (χ0n) is 8.50. The van der Waals surface area contributed by atoms with Crippen molar-refractivity contribution in [3.63, 3.8) is 0 Å². The van der Waals surface area contributed by atoms with Crippen LogP contribution in [0.3, 0.4) is 0 Å². The fourth-order valence-electron chi connectivity index (χ4n) is 1.28. The van der Waals surface area contributed by atoms with Gasteiger partial charge >= 0.3 is 0 Å². The summed E-state index contributed by atoms with van der Waals surface area (Å²) in [7, 11) is 0. The zero-order valence-corrected chi connectivity index (χ0v) is 8.50. The van der Waals surface area contributed by atoms with Crippen molar-refractivity contribution in [2.24, 2.45) is 11.7 Å². The molecule has 3 N–H and O–H groups in total. The van der Waals surface area contributed by atoms with Gasteiger partial charge in [-0.15, -0.1) is 0 Å². The SMILES string of the molecule is CC(C)[C@@H](N)c1ccc(CO)c(F)c1. The van der Waals surface area contributed by atoms with Crippen molar-refractivity contribution in [2.45, 2.75) is 26.5 Å². The second-order valence-electron chi connectivity index (χ2n) is 3.78. The average Bonchev–Trinajstić information content (AvgIpc) is 2.16. The van der Waals surface area contributed by atoms with Gasteiger partial charge in [-0.05, 0) is 17.5 Å². The van der Waals surface area contributed by atoms with Crippen LogP contribution in [0, 0.1) is 11.7 Å². The third-order valence-electron chi connectivity index (χ3n) is 2.35.